The smallest absolute Gasteiger partial charge is 0.249 e. The van der Waals surface area contributed by atoms with Crippen molar-refractivity contribution < 1.29 is 12.7 Å². The molecule has 1 N–H and O–H groups in total. The molecule has 1 rings (SSSR count). The maximum atomic E-state index is 10.7. The summed E-state index contributed by atoms with van der Waals surface area (Å²) < 4.78 is 25.8. The fourth-order valence-corrected chi connectivity index (χ4v) is 1.23. The van der Waals surface area contributed by atoms with Gasteiger partial charge in [0.05, 0.1) is 11.9 Å². The molecule has 0 radical (unpaired) electrons. The number of aryl methyl sites for hydroxylation is 1. The molecule has 0 bridgehead atoms. The predicted molar refractivity (Wildman–Crippen MR) is 55.4 cm³/mol. The summed E-state index contributed by atoms with van der Waals surface area (Å²) in [6, 6.07) is 7.38. The van der Waals surface area contributed by atoms with Gasteiger partial charge in [-0.25, -0.2) is 5.48 Å². The van der Waals surface area contributed by atoms with E-state index in [0.717, 1.165) is 18.2 Å². The molecule has 0 heterocycles. The van der Waals surface area contributed by atoms with Crippen LogP contribution in [0.3, 0.4) is 0 Å². The SMILES string of the molecule is CCc1cccc(NOS(C)(=O)=O)c1. The summed E-state index contributed by atoms with van der Waals surface area (Å²) in [6.45, 7) is 2.02. The van der Waals surface area contributed by atoms with Gasteiger partial charge in [0.25, 0.3) is 10.1 Å². The van der Waals surface area contributed by atoms with E-state index in [-0.39, 0.29) is 0 Å². The minimum Gasteiger partial charge on any atom is -0.249 e. The molecule has 78 valence electrons. The predicted octanol–water partition coefficient (Wildman–Crippen LogP) is 1.55. The zero-order valence-electron chi connectivity index (χ0n) is 8.15. The summed E-state index contributed by atoms with van der Waals surface area (Å²) in [5, 5.41) is 0. The molecule has 0 amide bonds. The van der Waals surface area contributed by atoms with Crippen LogP contribution in [0.1, 0.15) is 12.5 Å². The van der Waals surface area contributed by atoms with Crippen LogP contribution in [0, 0.1) is 0 Å². The summed E-state index contributed by atoms with van der Waals surface area (Å²) in [5.74, 6) is 0. The van der Waals surface area contributed by atoms with E-state index in [1.807, 2.05) is 25.1 Å². The Kier molecular flexibility index (Phi) is 3.49. The number of hydrogen-bond donors (Lipinski definition) is 1. The summed E-state index contributed by atoms with van der Waals surface area (Å²) >= 11 is 0. The Labute approximate surface area is 84.0 Å². The van der Waals surface area contributed by atoms with E-state index in [1.165, 1.54) is 0 Å². The Hall–Kier alpha value is -1.07. The van der Waals surface area contributed by atoms with E-state index < -0.39 is 10.1 Å². The van der Waals surface area contributed by atoms with Crippen molar-refractivity contribution in [2.24, 2.45) is 0 Å². The van der Waals surface area contributed by atoms with Crippen molar-refractivity contribution in [2.75, 3.05) is 11.7 Å². The van der Waals surface area contributed by atoms with Crippen molar-refractivity contribution in [3.05, 3.63) is 29.8 Å². The van der Waals surface area contributed by atoms with Crippen LogP contribution < -0.4 is 5.48 Å². The number of hydrogen-bond acceptors (Lipinski definition) is 4. The van der Waals surface area contributed by atoms with Crippen molar-refractivity contribution in [3.8, 4) is 0 Å². The first-order chi connectivity index (χ1) is 6.51. The first-order valence-electron chi connectivity index (χ1n) is 4.24. The van der Waals surface area contributed by atoms with Crippen molar-refractivity contribution >= 4 is 15.8 Å². The van der Waals surface area contributed by atoms with E-state index in [2.05, 4.69) is 9.76 Å². The van der Waals surface area contributed by atoms with Gasteiger partial charge in [0.1, 0.15) is 0 Å². The molecule has 0 atom stereocenters. The molecular weight excluding hydrogens is 202 g/mol. The molecule has 0 aliphatic rings. The molecular formula is C9H13NO3S. The summed E-state index contributed by atoms with van der Waals surface area (Å²) in [5.41, 5.74) is 4.12. The Morgan fingerprint density at radius 1 is 1.43 bits per heavy atom. The minimum absolute atomic E-state index is 0.634. The van der Waals surface area contributed by atoms with Crippen LogP contribution in [0.15, 0.2) is 24.3 Å². The second-order valence-electron chi connectivity index (χ2n) is 2.94. The molecule has 0 aliphatic heterocycles. The Morgan fingerprint density at radius 3 is 2.71 bits per heavy atom. The lowest BCUT2D eigenvalue weighted by Gasteiger charge is -2.05. The largest absolute Gasteiger partial charge is 0.284 e. The Balaban J connectivity index is 2.68. The average Bonchev–Trinajstić information content (AvgIpc) is 2.14. The van der Waals surface area contributed by atoms with E-state index >= 15 is 0 Å². The van der Waals surface area contributed by atoms with E-state index in [9.17, 15) is 8.42 Å². The van der Waals surface area contributed by atoms with Crippen LogP contribution >= 0.6 is 0 Å². The third kappa shape index (κ3) is 3.76. The minimum atomic E-state index is -3.45. The molecule has 5 heteroatoms. The summed E-state index contributed by atoms with van der Waals surface area (Å²) in [6.07, 6.45) is 1.89. The summed E-state index contributed by atoms with van der Waals surface area (Å²) in [4.78, 5) is 0. The van der Waals surface area contributed by atoms with Crippen LogP contribution in [0.25, 0.3) is 0 Å². The lowest BCUT2D eigenvalue weighted by Crippen LogP contribution is -2.08. The molecule has 0 aromatic heterocycles. The Bertz CT molecular complexity index is 400. The van der Waals surface area contributed by atoms with Crippen molar-refractivity contribution in [3.63, 3.8) is 0 Å². The van der Waals surface area contributed by atoms with Crippen LogP contribution in [0.5, 0.6) is 0 Å². The topological polar surface area (TPSA) is 55.4 Å². The maximum Gasteiger partial charge on any atom is 0.284 e. The molecule has 0 unspecified atom stereocenters. The first kappa shape index (κ1) is 11.0. The molecule has 0 spiro atoms. The second kappa shape index (κ2) is 4.43. The highest BCUT2D eigenvalue weighted by atomic mass is 32.2. The van der Waals surface area contributed by atoms with Gasteiger partial charge in [-0.1, -0.05) is 19.1 Å². The average molecular weight is 215 g/mol. The molecule has 14 heavy (non-hydrogen) atoms. The second-order valence-corrected chi connectivity index (χ2v) is 4.52. The maximum absolute atomic E-state index is 10.7. The lowest BCUT2D eigenvalue weighted by atomic mass is 10.1. The van der Waals surface area contributed by atoms with Gasteiger partial charge >= 0.3 is 0 Å². The highest BCUT2D eigenvalue weighted by Crippen LogP contribution is 2.11. The van der Waals surface area contributed by atoms with Crippen molar-refractivity contribution in [2.45, 2.75) is 13.3 Å². The monoisotopic (exact) mass is 215 g/mol. The summed E-state index contributed by atoms with van der Waals surface area (Å²) in [7, 11) is -3.45. The van der Waals surface area contributed by atoms with Gasteiger partial charge in [-0.3, -0.25) is 0 Å². The molecule has 0 saturated carbocycles. The third-order valence-corrected chi connectivity index (χ3v) is 2.03. The number of benzene rings is 1. The third-order valence-electron chi connectivity index (χ3n) is 1.65. The zero-order chi connectivity index (χ0) is 10.6. The quantitative estimate of drug-likeness (QED) is 0.774. The van der Waals surface area contributed by atoms with Gasteiger partial charge in [0.2, 0.25) is 0 Å². The molecule has 0 fully saturated rings. The van der Waals surface area contributed by atoms with Crippen LogP contribution in [-0.4, -0.2) is 14.7 Å². The van der Waals surface area contributed by atoms with Crippen molar-refractivity contribution in [1.82, 2.24) is 0 Å². The normalized spacial score (nSPS) is 11.3. The molecule has 4 nitrogen and oxygen atoms in total. The molecule has 1 aromatic rings. The fraction of sp³-hybridized carbons (Fsp3) is 0.333. The van der Waals surface area contributed by atoms with Crippen LogP contribution in [0.2, 0.25) is 0 Å². The van der Waals surface area contributed by atoms with E-state index in [4.69, 9.17) is 0 Å². The van der Waals surface area contributed by atoms with Crippen LogP contribution in [0.4, 0.5) is 5.69 Å². The van der Waals surface area contributed by atoms with Gasteiger partial charge < -0.3 is 0 Å². The number of nitrogens with one attached hydrogen (secondary N) is 1. The molecule has 0 aliphatic carbocycles. The lowest BCUT2D eigenvalue weighted by molar-refractivity contribution is 0.396. The standard InChI is InChI=1S/C9H13NO3S/c1-3-8-5-4-6-9(7-8)10-13-14(2,11)12/h4-7,10H,3H2,1-2H3. The van der Waals surface area contributed by atoms with Gasteiger partial charge in [0, 0.05) is 0 Å². The van der Waals surface area contributed by atoms with E-state index in [1.54, 1.807) is 6.07 Å². The zero-order valence-corrected chi connectivity index (χ0v) is 8.97. The highest BCUT2D eigenvalue weighted by molar-refractivity contribution is 7.86. The number of anilines is 1. The number of rotatable bonds is 4. The molecule has 1 aromatic carbocycles. The first-order valence-corrected chi connectivity index (χ1v) is 6.06. The van der Waals surface area contributed by atoms with Gasteiger partial charge in [-0.15, -0.1) is 0 Å². The van der Waals surface area contributed by atoms with Gasteiger partial charge in [-0.05, 0) is 24.1 Å². The fourth-order valence-electron chi connectivity index (χ4n) is 0.979. The van der Waals surface area contributed by atoms with Crippen molar-refractivity contribution in [1.29, 1.82) is 0 Å². The molecule has 0 saturated heterocycles. The Morgan fingerprint density at radius 2 is 2.14 bits per heavy atom. The highest BCUT2D eigenvalue weighted by Gasteiger charge is 2.01. The van der Waals surface area contributed by atoms with Gasteiger partial charge in [0.15, 0.2) is 0 Å². The van der Waals surface area contributed by atoms with E-state index in [0.29, 0.717) is 5.69 Å². The van der Waals surface area contributed by atoms with Crippen LogP contribution in [-0.2, 0) is 20.8 Å². The van der Waals surface area contributed by atoms with Gasteiger partial charge in [-0.2, -0.15) is 12.7 Å².